The molecule has 62 valence electrons. The fourth-order valence-electron chi connectivity index (χ4n) is 0.852. The highest BCUT2D eigenvalue weighted by atomic mass is 79.9. The number of allylic oxidation sites excluding steroid dienone is 2. The Labute approximate surface area is 73.5 Å². The summed E-state index contributed by atoms with van der Waals surface area (Å²) in [6.45, 7) is -0.0987. The van der Waals surface area contributed by atoms with Crippen LogP contribution in [0.1, 0.15) is 0 Å². The summed E-state index contributed by atoms with van der Waals surface area (Å²) in [5.41, 5.74) is 0.693. The van der Waals surface area contributed by atoms with Crippen LogP contribution in [-0.4, -0.2) is 27.9 Å². The maximum atomic E-state index is 8.89. The Bertz CT molecular complexity index is 203. The molecule has 1 rings (SSSR count). The zero-order valence-corrected chi connectivity index (χ0v) is 7.50. The van der Waals surface area contributed by atoms with E-state index in [4.69, 9.17) is 10.2 Å². The molecule has 1 aliphatic heterocycles. The average Bonchev–Trinajstić information content (AvgIpc) is 2.05. The van der Waals surface area contributed by atoms with Gasteiger partial charge in [0.2, 0.25) is 0 Å². The van der Waals surface area contributed by atoms with Gasteiger partial charge in [-0.25, -0.2) is 0 Å². The van der Waals surface area contributed by atoms with Gasteiger partial charge in [-0.2, -0.15) is 0 Å². The number of aliphatic hydroxyl groups is 2. The summed E-state index contributed by atoms with van der Waals surface area (Å²) < 4.78 is -0.597. The van der Waals surface area contributed by atoms with Gasteiger partial charge >= 0.3 is 0 Å². The van der Waals surface area contributed by atoms with Gasteiger partial charge in [0.1, 0.15) is 4.45 Å². The van der Waals surface area contributed by atoms with E-state index in [2.05, 4.69) is 21.2 Å². The fraction of sp³-hybridized carbons (Fsp3) is 0.429. The highest BCUT2D eigenvalue weighted by Crippen LogP contribution is 2.20. The zero-order valence-electron chi connectivity index (χ0n) is 5.92. The fourth-order valence-corrected chi connectivity index (χ4v) is 1.26. The predicted octanol–water partition coefficient (Wildman–Crippen LogP) is 0.106. The largest absolute Gasteiger partial charge is 0.393 e. The zero-order chi connectivity index (χ0) is 8.32. The van der Waals surface area contributed by atoms with Crippen molar-refractivity contribution in [1.29, 1.82) is 0 Å². The maximum Gasteiger partial charge on any atom is 0.135 e. The lowest BCUT2D eigenvalue weighted by Gasteiger charge is -2.27. The molecule has 0 aromatic rings. The van der Waals surface area contributed by atoms with Crippen LogP contribution in [0.25, 0.3) is 0 Å². The van der Waals surface area contributed by atoms with Gasteiger partial charge in [0.25, 0.3) is 0 Å². The molecule has 1 aliphatic rings. The first kappa shape index (κ1) is 8.77. The smallest absolute Gasteiger partial charge is 0.135 e. The molecule has 0 bridgehead atoms. The number of hydrogen-bond donors (Lipinski definition) is 3. The SMILES string of the molecule is OCC1=CC=CC(Br)(CO)N1. The highest BCUT2D eigenvalue weighted by molar-refractivity contribution is 9.10. The minimum absolute atomic E-state index is 0.0440. The average molecular weight is 220 g/mol. The molecule has 11 heavy (non-hydrogen) atoms. The minimum atomic E-state index is -0.597. The molecule has 0 spiro atoms. The molecule has 0 saturated heterocycles. The second kappa shape index (κ2) is 3.38. The Balaban J connectivity index is 2.68. The first-order valence-electron chi connectivity index (χ1n) is 3.27. The van der Waals surface area contributed by atoms with Crippen molar-refractivity contribution in [3.05, 3.63) is 23.9 Å². The van der Waals surface area contributed by atoms with E-state index in [1.165, 1.54) is 0 Å². The monoisotopic (exact) mass is 219 g/mol. The van der Waals surface area contributed by atoms with E-state index < -0.39 is 4.45 Å². The predicted molar refractivity (Wildman–Crippen MR) is 46.2 cm³/mol. The third-order valence-electron chi connectivity index (χ3n) is 1.43. The van der Waals surface area contributed by atoms with E-state index in [0.29, 0.717) is 5.70 Å². The molecule has 3 N–H and O–H groups in total. The Hall–Kier alpha value is -0.320. The van der Waals surface area contributed by atoms with Crippen LogP contribution in [-0.2, 0) is 0 Å². The lowest BCUT2D eigenvalue weighted by atomic mass is 10.2. The normalized spacial score (nSPS) is 29.5. The lowest BCUT2D eigenvalue weighted by molar-refractivity contribution is 0.248. The summed E-state index contributed by atoms with van der Waals surface area (Å²) in [5.74, 6) is 0. The summed E-state index contributed by atoms with van der Waals surface area (Å²) in [6.07, 6.45) is 5.33. The van der Waals surface area contributed by atoms with Crippen LogP contribution in [0.4, 0.5) is 0 Å². The van der Waals surface area contributed by atoms with Crippen LogP contribution in [0.15, 0.2) is 23.9 Å². The first-order valence-corrected chi connectivity index (χ1v) is 4.07. The van der Waals surface area contributed by atoms with E-state index in [1.807, 2.05) is 0 Å². The van der Waals surface area contributed by atoms with E-state index in [1.54, 1.807) is 18.2 Å². The molecule has 0 aliphatic carbocycles. The van der Waals surface area contributed by atoms with Crippen molar-refractivity contribution < 1.29 is 10.2 Å². The van der Waals surface area contributed by atoms with Gasteiger partial charge < -0.3 is 15.5 Å². The topological polar surface area (TPSA) is 52.5 Å². The molecule has 0 fully saturated rings. The molecule has 1 unspecified atom stereocenters. The molecule has 1 heterocycles. The van der Waals surface area contributed by atoms with Crippen LogP contribution < -0.4 is 5.32 Å². The number of alkyl halides is 1. The number of nitrogens with one attached hydrogen (secondary N) is 1. The van der Waals surface area contributed by atoms with E-state index in [9.17, 15) is 0 Å². The van der Waals surface area contributed by atoms with Crippen LogP contribution in [0.2, 0.25) is 0 Å². The number of rotatable bonds is 2. The minimum Gasteiger partial charge on any atom is -0.393 e. The number of aliphatic hydroxyl groups excluding tert-OH is 2. The molecular formula is C7H10BrNO2. The summed E-state index contributed by atoms with van der Waals surface area (Å²) in [5, 5.41) is 20.6. The van der Waals surface area contributed by atoms with Crippen LogP contribution in [0, 0.1) is 0 Å². The van der Waals surface area contributed by atoms with Gasteiger partial charge in [0.05, 0.1) is 13.2 Å². The highest BCUT2D eigenvalue weighted by Gasteiger charge is 2.23. The van der Waals surface area contributed by atoms with Crippen LogP contribution >= 0.6 is 15.9 Å². The summed E-state index contributed by atoms with van der Waals surface area (Å²) in [6, 6.07) is 0. The molecule has 0 aromatic heterocycles. The maximum absolute atomic E-state index is 8.89. The van der Waals surface area contributed by atoms with Gasteiger partial charge in [-0.05, 0) is 12.2 Å². The molecule has 0 amide bonds. The van der Waals surface area contributed by atoms with E-state index in [0.717, 1.165) is 0 Å². The number of dihydropyridines is 1. The lowest BCUT2D eigenvalue weighted by Crippen LogP contribution is -2.42. The molecular weight excluding hydrogens is 210 g/mol. The van der Waals surface area contributed by atoms with Gasteiger partial charge in [-0.3, -0.25) is 0 Å². The van der Waals surface area contributed by atoms with E-state index in [-0.39, 0.29) is 13.2 Å². The molecule has 0 saturated carbocycles. The van der Waals surface area contributed by atoms with Crippen molar-refractivity contribution in [1.82, 2.24) is 5.32 Å². The standard InChI is InChI=1S/C7H10BrNO2/c8-7(5-11)3-1-2-6(4-10)9-7/h1-3,9-11H,4-5H2. The van der Waals surface area contributed by atoms with Crippen LogP contribution in [0.5, 0.6) is 0 Å². The van der Waals surface area contributed by atoms with Crippen molar-refractivity contribution in [3.8, 4) is 0 Å². The van der Waals surface area contributed by atoms with Gasteiger partial charge in [0, 0.05) is 5.70 Å². The quantitative estimate of drug-likeness (QED) is 0.457. The van der Waals surface area contributed by atoms with Crippen molar-refractivity contribution in [3.63, 3.8) is 0 Å². The molecule has 4 heteroatoms. The first-order chi connectivity index (χ1) is 5.20. The molecule has 3 nitrogen and oxygen atoms in total. The van der Waals surface area contributed by atoms with Crippen LogP contribution in [0.3, 0.4) is 0 Å². The number of hydrogen-bond acceptors (Lipinski definition) is 3. The Morgan fingerprint density at radius 2 is 2.27 bits per heavy atom. The number of halogens is 1. The third kappa shape index (κ3) is 2.05. The molecule has 1 atom stereocenters. The summed E-state index contributed by atoms with van der Waals surface area (Å²) in [4.78, 5) is 0. The van der Waals surface area contributed by atoms with E-state index >= 15 is 0 Å². The molecule has 0 aromatic carbocycles. The van der Waals surface area contributed by atoms with Gasteiger partial charge in [-0.1, -0.05) is 22.0 Å². The Morgan fingerprint density at radius 1 is 1.55 bits per heavy atom. The van der Waals surface area contributed by atoms with Crippen molar-refractivity contribution in [2.45, 2.75) is 4.45 Å². The third-order valence-corrected chi connectivity index (χ3v) is 2.14. The van der Waals surface area contributed by atoms with Gasteiger partial charge in [-0.15, -0.1) is 0 Å². The Kier molecular flexibility index (Phi) is 2.70. The Morgan fingerprint density at radius 3 is 2.82 bits per heavy atom. The van der Waals surface area contributed by atoms with Crippen molar-refractivity contribution in [2.75, 3.05) is 13.2 Å². The second-order valence-corrected chi connectivity index (χ2v) is 3.77. The summed E-state index contributed by atoms with van der Waals surface area (Å²) >= 11 is 3.28. The van der Waals surface area contributed by atoms with Gasteiger partial charge in [0.15, 0.2) is 0 Å². The molecule has 0 radical (unpaired) electrons. The van der Waals surface area contributed by atoms with Crippen molar-refractivity contribution >= 4 is 15.9 Å². The van der Waals surface area contributed by atoms with Crippen molar-refractivity contribution in [2.24, 2.45) is 0 Å². The second-order valence-electron chi connectivity index (χ2n) is 2.35. The summed E-state index contributed by atoms with van der Waals surface area (Å²) in [7, 11) is 0.